The van der Waals surface area contributed by atoms with Gasteiger partial charge in [-0.05, 0) is 30.9 Å². The molecule has 128 valence electrons. The topological polar surface area (TPSA) is 83.9 Å². The number of hydrogen-bond donors (Lipinski definition) is 1. The number of hydrogen-bond acceptors (Lipinski definition) is 4. The summed E-state index contributed by atoms with van der Waals surface area (Å²) in [6, 6.07) is 5.82. The number of aryl methyl sites for hydroxylation is 1. The summed E-state index contributed by atoms with van der Waals surface area (Å²) in [5.41, 5.74) is 0.848. The highest BCUT2D eigenvalue weighted by atomic mass is 16.2. The van der Waals surface area contributed by atoms with E-state index in [0.717, 1.165) is 37.2 Å². The smallest absolute Gasteiger partial charge is 0.343 e. The molecule has 1 N–H and O–H groups in total. The summed E-state index contributed by atoms with van der Waals surface area (Å²) in [4.78, 5) is 30.1. The van der Waals surface area contributed by atoms with Crippen molar-refractivity contribution < 1.29 is 4.79 Å². The van der Waals surface area contributed by atoms with Crippen LogP contribution in [0, 0.1) is 5.92 Å². The van der Waals surface area contributed by atoms with Gasteiger partial charge in [0.1, 0.15) is 5.82 Å². The zero-order chi connectivity index (χ0) is 16.9. The zero-order valence-electron chi connectivity index (χ0n) is 13.9. The minimum absolute atomic E-state index is 0.149. The molecule has 0 radical (unpaired) electrons. The average molecular weight is 329 g/mol. The highest BCUT2D eigenvalue weighted by Gasteiger charge is 2.22. The van der Waals surface area contributed by atoms with E-state index in [4.69, 9.17) is 0 Å². The first-order valence-corrected chi connectivity index (χ1v) is 8.41. The summed E-state index contributed by atoms with van der Waals surface area (Å²) in [7, 11) is 1.84. The maximum absolute atomic E-state index is 12.4. The minimum Gasteiger partial charge on any atom is -0.345 e. The van der Waals surface area contributed by atoms with Crippen molar-refractivity contribution in [3.63, 3.8) is 0 Å². The molecule has 24 heavy (non-hydrogen) atoms. The van der Waals surface area contributed by atoms with Crippen molar-refractivity contribution in [2.24, 2.45) is 5.92 Å². The van der Waals surface area contributed by atoms with Gasteiger partial charge in [0.05, 0.1) is 0 Å². The third kappa shape index (κ3) is 3.90. The minimum atomic E-state index is -0.149. The van der Waals surface area contributed by atoms with Gasteiger partial charge in [-0.3, -0.25) is 14.3 Å². The summed E-state index contributed by atoms with van der Waals surface area (Å²) in [5, 5.41) is 6.54. The molecule has 3 heterocycles. The molecule has 2 aromatic rings. The van der Waals surface area contributed by atoms with E-state index in [1.807, 2.05) is 25.2 Å². The molecule has 1 amide bonds. The molecule has 1 aliphatic rings. The Morgan fingerprint density at radius 2 is 2.29 bits per heavy atom. The lowest BCUT2D eigenvalue weighted by molar-refractivity contribution is -0.131. The quantitative estimate of drug-likeness (QED) is 0.887. The fourth-order valence-corrected chi connectivity index (χ4v) is 3.12. The molecule has 1 atom stereocenters. The number of fused-ring (bicyclic) bond motifs is 1. The Balaban J connectivity index is 1.49. The molecule has 0 bridgehead atoms. The fourth-order valence-electron chi connectivity index (χ4n) is 3.12. The largest absolute Gasteiger partial charge is 0.345 e. The van der Waals surface area contributed by atoms with Gasteiger partial charge in [0.25, 0.3) is 0 Å². The van der Waals surface area contributed by atoms with E-state index in [-0.39, 0.29) is 11.6 Å². The predicted molar refractivity (Wildman–Crippen MR) is 89.5 cm³/mol. The van der Waals surface area contributed by atoms with E-state index < -0.39 is 0 Å². The lowest BCUT2D eigenvalue weighted by atomic mass is 9.96. The molecule has 7 nitrogen and oxygen atoms in total. The number of aromatic nitrogens is 4. The lowest BCUT2D eigenvalue weighted by Gasteiger charge is -2.20. The lowest BCUT2D eigenvalue weighted by Crippen LogP contribution is -2.30. The standard InChI is InChI=1S/C17H23N5O2/c1-21(10-8-14-4-2-3-9-18-14)16(23)12-13-5-6-15-19-20-17(24)22(15)11-7-13/h2-4,9,13H,5-8,10-12H2,1H3,(H,20,24). The maximum Gasteiger partial charge on any atom is 0.343 e. The Hall–Kier alpha value is -2.44. The van der Waals surface area contributed by atoms with Crippen molar-refractivity contribution >= 4 is 5.91 Å². The Morgan fingerprint density at radius 1 is 1.42 bits per heavy atom. The highest BCUT2D eigenvalue weighted by Crippen LogP contribution is 2.21. The van der Waals surface area contributed by atoms with Gasteiger partial charge in [-0.2, -0.15) is 5.10 Å². The van der Waals surface area contributed by atoms with Gasteiger partial charge in [-0.25, -0.2) is 9.89 Å². The first-order valence-electron chi connectivity index (χ1n) is 8.41. The van der Waals surface area contributed by atoms with Crippen molar-refractivity contribution in [3.05, 3.63) is 46.4 Å². The Kier molecular flexibility index (Phi) is 5.08. The number of likely N-dealkylation sites (N-methyl/N-ethyl adjacent to an activating group) is 1. The van der Waals surface area contributed by atoms with Crippen LogP contribution in [0.25, 0.3) is 0 Å². The molecule has 0 fully saturated rings. The molecule has 0 aliphatic carbocycles. The number of pyridine rings is 1. The Labute approximate surface area is 140 Å². The monoisotopic (exact) mass is 329 g/mol. The third-order valence-electron chi connectivity index (χ3n) is 4.69. The molecule has 0 saturated carbocycles. The van der Waals surface area contributed by atoms with E-state index in [9.17, 15) is 9.59 Å². The van der Waals surface area contributed by atoms with Crippen molar-refractivity contribution in [1.29, 1.82) is 0 Å². The number of amides is 1. The molecular weight excluding hydrogens is 306 g/mol. The molecule has 3 rings (SSSR count). The normalized spacial score (nSPS) is 17.1. The van der Waals surface area contributed by atoms with Crippen LogP contribution in [0.1, 0.15) is 30.8 Å². The number of aromatic amines is 1. The second-order valence-corrected chi connectivity index (χ2v) is 6.38. The number of carbonyl (C=O) groups is 1. The Morgan fingerprint density at radius 3 is 3.08 bits per heavy atom. The van der Waals surface area contributed by atoms with Crippen molar-refractivity contribution in [3.8, 4) is 0 Å². The van der Waals surface area contributed by atoms with Crippen LogP contribution in [0.3, 0.4) is 0 Å². The fraction of sp³-hybridized carbons (Fsp3) is 0.529. The molecular formula is C17H23N5O2. The van der Waals surface area contributed by atoms with Crippen LogP contribution < -0.4 is 5.69 Å². The molecule has 1 aliphatic heterocycles. The molecule has 2 aromatic heterocycles. The number of carbonyl (C=O) groups excluding carboxylic acids is 1. The van der Waals surface area contributed by atoms with Gasteiger partial charge >= 0.3 is 5.69 Å². The summed E-state index contributed by atoms with van der Waals surface area (Å²) >= 11 is 0. The Bertz CT molecular complexity index is 737. The number of H-pyrrole nitrogens is 1. The van der Waals surface area contributed by atoms with Crippen molar-refractivity contribution in [2.45, 2.75) is 38.6 Å². The third-order valence-corrected chi connectivity index (χ3v) is 4.69. The summed E-state index contributed by atoms with van der Waals surface area (Å²) in [5.74, 6) is 1.26. The summed E-state index contributed by atoms with van der Waals surface area (Å²) in [6.07, 6.45) is 5.54. The van der Waals surface area contributed by atoms with E-state index in [0.29, 0.717) is 25.4 Å². The van der Waals surface area contributed by atoms with E-state index in [1.165, 1.54) is 0 Å². The molecule has 7 heteroatoms. The second kappa shape index (κ2) is 7.42. The van der Waals surface area contributed by atoms with E-state index in [1.54, 1.807) is 15.7 Å². The average Bonchev–Trinajstić information content (AvgIpc) is 2.83. The van der Waals surface area contributed by atoms with Crippen LogP contribution in [0.15, 0.2) is 29.2 Å². The van der Waals surface area contributed by atoms with Crippen LogP contribution in [-0.2, 0) is 24.2 Å². The number of nitrogens with one attached hydrogen (secondary N) is 1. The van der Waals surface area contributed by atoms with Crippen LogP contribution in [-0.4, -0.2) is 44.1 Å². The molecule has 0 spiro atoms. The van der Waals surface area contributed by atoms with Crippen LogP contribution in [0.4, 0.5) is 0 Å². The zero-order valence-corrected chi connectivity index (χ0v) is 13.9. The maximum atomic E-state index is 12.4. The number of nitrogens with zero attached hydrogens (tertiary/aromatic N) is 4. The van der Waals surface area contributed by atoms with E-state index in [2.05, 4.69) is 15.2 Å². The van der Waals surface area contributed by atoms with Gasteiger partial charge in [0.2, 0.25) is 5.91 Å². The SMILES string of the molecule is CN(CCc1ccccn1)C(=O)CC1CCc2n[nH]c(=O)n2CC1. The molecule has 1 unspecified atom stereocenters. The molecule has 0 aromatic carbocycles. The first kappa shape index (κ1) is 16.4. The van der Waals surface area contributed by atoms with Crippen LogP contribution in [0.2, 0.25) is 0 Å². The van der Waals surface area contributed by atoms with Gasteiger partial charge in [-0.15, -0.1) is 0 Å². The van der Waals surface area contributed by atoms with Crippen molar-refractivity contribution in [2.75, 3.05) is 13.6 Å². The van der Waals surface area contributed by atoms with Crippen LogP contribution >= 0.6 is 0 Å². The van der Waals surface area contributed by atoms with Crippen molar-refractivity contribution in [1.82, 2.24) is 24.6 Å². The number of rotatable bonds is 5. The molecule has 0 saturated heterocycles. The second-order valence-electron chi connectivity index (χ2n) is 6.38. The van der Waals surface area contributed by atoms with Gasteiger partial charge in [0.15, 0.2) is 0 Å². The van der Waals surface area contributed by atoms with Gasteiger partial charge in [-0.1, -0.05) is 6.07 Å². The summed E-state index contributed by atoms with van der Waals surface area (Å²) in [6.45, 7) is 1.31. The van der Waals surface area contributed by atoms with Crippen LogP contribution in [0.5, 0.6) is 0 Å². The first-order chi connectivity index (χ1) is 11.6. The highest BCUT2D eigenvalue weighted by molar-refractivity contribution is 5.76. The van der Waals surface area contributed by atoms with Gasteiger partial charge < -0.3 is 4.90 Å². The van der Waals surface area contributed by atoms with Gasteiger partial charge in [0, 0.05) is 51.3 Å². The summed E-state index contributed by atoms with van der Waals surface area (Å²) < 4.78 is 1.69. The predicted octanol–water partition coefficient (Wildman–Crippen LogP) is 1.01. The van der Waals surface area contributed by atoms with E-state index >= 15 is 0 Å².